The lowest BCUT2D eigenvalue weighted by Gasteiger charge is -2.29. The largest absolute Gasteiger partial charge is 0.507 e. The molecule has 0 radical (unpaired) electrons. The monoisotopic (exact) mass is 602 g/mol. The summed E-state index contributed by atoms with van der Waals surface area (Å²) in [5.41, 5.74) is 3.04. The highest BCUT2D eigenvalue weighted by Gasteiger charge is 2.30. The second-order valence-corrected chi connectivity index (χ2v) is 10.2. The molecule has 5 rings (SSSR count). The number of benzene rings is 4. The number of allylic oxidation sites excluding steroid dienone is 1. The quantitative estimate of drug-likeness (QED) is 0.145. The molecule has 1 heterocycles. The van der Waals surface area contributed by atoms with Crippen LogP contribution in [0, 0.1) is 0 Å². The number of aromatic hydroxyl groups is 5. The maximum absolute atomic E-state index is 11.8. The molecule has 0 aromatic heterocycles. The molecular weight excluding hydrogens is 568 g/mol. The predicted octanol–water partition coefficient (Wildman–Crippen LogP) is 5.99. The van der Waals surface area contributed by atoms with Crippen molar-refractivity contribution in [1.29, 1.82) is 0 Å². The number of phenolic OH excluding ortho intramolecular Hbond substituents is 5. The van der Waals surface area contributed by atoms with Crippen LogP contribution >= 0.6 is 0 Å². The maximum Gasteiger partial charge on any atom is 0.164 e. The van der Waals surface area contributed by atoms with Crippen molar-refractivity contribution in [3.05, 3.63) is 88.5 Å². The van der Waals surface area contributed by atoms with E-state index in [0.29, 0.717) is 53.2 Å². The standard InChI is InChI=1S/C34H34O10/c1-40-29-13-18(6-10-23(29)35)5-8-20(22-15-26(38)31(42-3)16-25(22)37)33-32(43-4)17-28-21(34(33)39)9-12-27(44-28)19-7-11-24(36)30(14-19)41-2/h6-8,10-11,13-17,27,35-39H,5,9,12H2,1-4H3/b20-8+. The Hall–Kier alpha value is -5.38. The second kappa shape index (κ2) is 12.5. The zero-order valence-corrected chi connectivity index (χ0v) is 24.7. The highest BCUT2D eigenvalue weighted by atomic mass is 16.5. The smallest absolute Gasteiger partial charge is 0.164 e. The van der Waals surface area contributed by atoms with Crippen molar-refractivity contribution in [1.82, 2.24) is 0 Å². The van der Waals surface area contributed by atoms with Gasteiger partial charge in [-0.25, -0.2) is 0 Å². The van der Waals surface area contributed by atoms with Crippen LogP contribution in [-0.2, 0) is 12.8 Å². The normalized spacial score (nSPS) is 14.4. The molecule has 1 aliphatic rings. The molecular formula is C34H34O10. The van der Waals surface area contributed by atoms with Gasteiger partial charge in [0.2, 0.25) is 0 Å². The number of phenols is 5. The van der Waals surface area contributed by atoms with Gasteiger partial charge in [-0.2, -0.15) is 0 Å². The molecule has 0 saturated carbocycles. The summed E-state index contributed by atoms with van der Waals surface area (Å²) in [4.78, 5) is 0. The lowest BCUT2D eigenvalue weighted by Crippen LogP contribution is -2.16. The molecule has 0 spiro atoms. The molecule has 10 nitrogen and oxygen atoms in total. The third-order valence-electron chi connectivity index (χ3n) is 7.69. The fourth-order valence-electron chi connectivity index (χ4n) is 5.40. The van der Waals surface area contributed by atoms with E-state index in [2.05, 4.69) is 0 Å². The molecule has 0 saturated heterocycles. The maximum atomic E-state index is 11.8. The number of fused-ring (bicyclic) bond motifs is 1. The van der Waals surface area contributed by atoms with E-state index in [9.17, 15) is 25.5 Å². The second-order valence-electron chi connectivity index (χ2n) is 10.2. The fourth-order valence-corrected chi connectivity index (χ4v) is 5.40. The minimum atomic E-state index is -0.367. The number of rotatable bonds is 9. The topological polar surface area (TPSA) is 147 Å². The summed E-state index contributed by atoms with van der Waals surface area (Å²) in [6, 6.07) is 14.3. The molecule has 0 aliphatic carbocycles. The summed E-state index contributed by atoms with van der Waals surface area (Å²) in [6.07, 6.45) is 2.70. The van der Waals surface area contributed by atoms with Gasteiger partial charge in [0, 0.05) is 23.3 Å². The molecule has 4 aromatic rings. The summed E-state index contributed by atoms with van der Waals surface area (Å²) in [7, 11) is 5.77. The Labute approximate surface area is 254 Å². The minimum Gasteiger partial charge on any atom is -0.507 e. The van der Waals surface area contributed by atoms with Crippen molar-refractivity contribution in [3.8, 4) is 57.5 Å². The Balaban J connectivity index is 1.62. The van der Waals surface area contributed by atoms with E-state index in [-0.39, 0.29) is 51.9 Å². The van der Waals surface area contributed by atoms with E-state index < -0.39 is 0 Å². The third-order valence-corrected chi connectivity index (χ3v) is 7.69. The lowest BCUT2D eigenvalue weighted by molar-refractivity contribution is 0.173. The van der Waals surface area contributed by atoms with Crippen LogP contribution in [0.15, 0.2) is 60.7 Å². The average Bonchev–Trinajstić information content (AvgIpc) is 3.03. The number of ether oxygens (including phenoxy) is 5. The highest BCUT2D eigenvalue weighted by molar-refractivity contribution is 5.90. The van der Waals surface area contributed by atoms with Gasteiger partial charge >= 0.3 is 0 Å². The van der Waals surface area contributed by atoms with Crippen LogP contribution in [0.2, 0.25) is 0 Å². The van der Waals surface area contributed by atoms with Crippen LogP contribution in [0.3, 0.4) is 0 Å². The van der Waals surface area contributed by atoms with Crippen LogP contribution in [0.4, 0.5) is 0 Å². The van der Waals surface area contributed by atoms with Crippen LogP contribution in [0.1, 0.15) is 40.3 Å². The first-order valence-corrected chi connectivity index (χ1v) is 13.8. The van der Waals surface area contributed by atoms with E-state index in [0.717, 1.165) is 11.1 Å². The first-order valence-electron chi connectivity index (χ1n) is 13.8. The van der Waals surface area contributed by atoms with Crippen LogP contribution in [-0.4, -0.2) is 54.0 Å². The van der Waals surface area contributed by atoms with E-state index in [1.807, 2.05) is 0 Å². The molecule has 5 N–H and O–H groups in total. The molecule has 1 unspecified atom stereocenters. The molecule has 1 aliphatic heterocycles. The van der Waals surface area contributed by atoms with Crippen LogP contribution < -0.4 is 23.7 Å². The number of hydrogen-bond acceptors (Lipinski definition) is 10. The van der Waals surface area contributed by atoms with E-state index in [4.69, 9.17) is 23.7 Å². The molecule has 10 heteroatoms. The minimum absolute atomic E-state index is 0.00349. The summed E-state index contributed by atoms with van der Waals surface area (Å²) in [6.45, 7) is 0. The molecule has 230 valence electrons. The van der Waals surface area contributed by atoms with E-state index in [1.165, 1.54) is 46.6 Å². The SMILES string of the molecule is COc1cc(C/C=C(\c2cc(O)c(OC)cc2O)c2c(OC)cc3c(c2O)CCC(c2ccc(O)c(OC)c2)O3)ccc1O. The molecule has 44 heavy (non-hydrogen) atoms. The van der Waals surface area contributed by atoms with Crippen molar-refractivity contribution < 1.29 is 49.2 Å². The van der Waals surface area contributed by atoms with Crippen molar-refractivity contribution in [2.45, 2.75) is 25.4 Å². The van der Waals surface area contributed by atoms with Gasteiger partial charge in [-0.3, -0.25) is 0 Å². The van der Waals surface area contributed by atoms with Gasteiger partial charge in [-0.05, 0) is 66.3 Å². The van der Waals surface area contributed by atoms with Crippen molar-refractivity contribution in [3.63, 3.8) is 0 Å². The fraction of sp³-hybridized carbons (Fsp3) is 0.235. The van der Waals surface area contributed by atoms with Gasteiger partial charge in [0.1, 0.15) is 29.1 Å². The van der Waals surface area contributed by atoms with Gasteiger partial charge in [0.15, 0.2) is 34.5 Å². The molecule has 0 amide bonds. The summed E-state index contributed by atoms with van der Waals surface area (Å²) >= 11 is 0. The van der Waals surface area contributed by atoms with Crippen LogP contribution in [0.25, 0.3) is 5.57 Å². The lowest BCUT2D eigenvalue weighted by atomic mass is 9.88. The molecule has 0 bridgehead atoms. The van der Waals surface area contributed by atoms with E-state index in [1.54, 1.807) is 42.5 Å². The third kappa shape index (κ3) is 5.66. The zero-order chi connectivity index (χ0) is 31.5. The summed E-state index contributed by atoms with van der Waals surface area (Å²) < 4.78 is 27.7. The van der Waals surface area contributed by atoms with Gasteiger partial charge in [0.05, 0.1) is 34.0 Å². The van der Waals surface area contributed by atoms with Gasteiger partial charge in [-0.15, -0.1) is 0 Å². The number of hydrogen-bond donors (Lipinski definition) is 5. The Bertz CT molecular complexity index is 1730. The zero-order valence-electron chi connectivity index (χ0n) is 24.7. The molecule has 4 aromatic carbocycles. The Kier molecular flexibility index (Phi) is 8.52. The van der Waals surface area contributed by atoms with Crippen molar-refractivity contribution in [2.75, 3.05) is 28.4 Å². The Morgan fingerprint density at radius 3 is 2.05 bits per heavy atom. The Morgan fingerprint density at radius 2 is 1.36 bits per heavy atom. The van der Waals surface area contributed by atoms with Crippen LogP contribution in [0.5, 0.6) is 57.5 Å². The van der Waals surface area contributed by atoms with Crippen molar-refractivity contribution >= 4 is 5.57 Å². The first-order chi connectivity index (χ1) is 21.2. The van der Waals surface area contributed by atoms with E-state index >= 15 is 0 Å². The highest BCUT2D eigenvalue weighted by Crippen LogP contribution is 2.50. The summed E-state index contributed by atoms with van der Waals surface area (Å²) in [5.74, 6) is 0.947. The number of methoxy groups -OCH3 is 4. The average molecular weight is 603 g/mol. The predicted molar refractivity (Wildman–Crippen MR) is 163 cm³/mol. The molecule has 0 fully saturated rings. The first kappa shape index (κ1) is 30.1. The Morgan fingerprint density at radius 1 is 0.727 bits per heavy atom. The van der Waals surface area contributed by atoms with Gasteiger partial charge in [-0.1, -0.05) is 18.2 Å². The van der Waals surface area contributed by atoms with Crippen molar-refractivity contribution in [2.24, 2.45) is 0 Å². The molecule has 1 atom stereocenters. The summed E-state index contributed by atoms with van der Waals surface area (Å²) in [5, 5.41) is 53.5. The van der Waals surface area contributed by atoms with Gasteiger partial charge < -0.3 is 49.2 Å². The van der Waals surface area contributed by atoms with Gasteiger partial charge in [0.25, 0.3) is 0 Å².